The lowest BCUT2D eigenvalue weighted by atomic mass is 10.1. The smallest absolute Gasteiger partial charge is 0.283 e. The molecule has 0 fully saturated rings. The molecule has 0 saturated heterocycles. The molecule has 3 aromatic rings. The third-order valence-corrected chi connectivity index (χ3v) is 6.04. The number of carbonyl (C=O) groups is 3. The van der Waals surface area contributed by atoms with Crippen LogP contribution in [0.25, 0.3) is 0 Å². The van der Waals surface area contributed by atoms with E-state index in [9.17, 15) is 14.4 Å². The zero-order chi connectivity index (χ0) is 24.4. The molecule has 3 aromatic carbocycles. The molecule has 0 atom stereocenters. The first-order valence-electron chi connectivity index (χ1n) is 10.9. The summed E-state index contributed by atoms with van der Waals surface area (Å²) >= 11 is 6.29. The van der Waals surface area contributed by atoms with Crippen molar-refractivity contribution in [2.45, 2.75) is 20.8 Å². The Labute approximate surface area is 203 Å². The summed E-state index contributed by atoms with van der Waals surface area (Å²) in [5.74, 6) is -1.31. The number of carbonyl (C=O) groups excluding carboxylic acids is 3. The third kappa shape index (κ3) is 4.32. The summed E-state index contributed by atoms with van der Waals surface area (Å²) in [5, 5.41) is 2.81. The second-order valence-corrected chi connectivity index (χ2v) is 8.39. The number of benzene rings is 3. The fourth-order valence-electron chi connectivity index (χ4n) is 3.77. The Balaban J connectivity index is 1.62. The molecule has 0 spiro atoms. The van der Waals surface area contributed by atoms with Gasteiger partial charge in [-0.15, -0.1) is 0 Å². The monoisotopic (exact) mass is 473 g/mol. The molecule has 0 aliphatic carbocycles. The Morgan fingerprint density at radius 2 is 1.62 bits per heavy atom. The fourth-order valence-corrected chi connectivity index (χ4v) is 3.98. The van der Waals surface area contributed by atoms with E-state index in [2.05, 4.69) is 5.32 Å². The number of hydrogen-bond donors (Lipinski definition) is 1. The molecule has 1 aliphatic rings. The van der Waals surface area contributed by atoms with E-state index in [1.165, 1.54) is 0 Å². The van der Waals surface area contributed by atoms with Crippen molar-refractivity contribution < 1.29 is 14.4 Å². The predicted molar refractivity (Wildman–Crippen MR) is 135 cm³/mol. The summed E-state index contributed by atoms with van der Waals surface area (Å²) in [4.78, 5) is 41.8. The highest BCUT2D eigenvalue weighted by Crippen LogP contribution is 2.31. The van der Waals surface area contributed by atoms with Crippen LogP contribution in [0, 0.1) is 13.8 Å². The van der Waals surface area contributed by atoms with Crippen LogP contribution in [0.5, 0.6) is 0 Å². The normalized spacial score (nSPS) is 13.5. The lowest BCUT2D eigenvalue weighted by Crippen LogP contribution is -2.32. The molecular formula is C27H24ClN3O3. The van der Waals surface area contributed by atoms with Crippen LogP contribution in [0.2, 0.25) is 0 Å². The largest absolute Gasteiger partial charge is 0.349 e. The zero-order valence-corrected chi connectivity index (χ0v) is 19.9. The quantitative estimate of drug-likeness (QED) is 0.486. The second kappa shape index (κ2) is 9.53. The third-order valence-electron chi connectivity index (χ3n) is 5.69. The van der Waals surface area contributed by atoms with Gasteiger partial charge in [-0.05, 0) is 62.7 Å². The van der Waals surface area contributed by atoms with E-state index >= 15 is 0 Å². The van der Waals surface area contributed by atoms with Crippen LogP contribution in [-0.4, -0.2) is 24.3 Å². The first kappa shape index (κ1) is 23.3. The maximum Gasteiger partial charge on any atom is 0.283 e. The standard InChI is InChI=1S/C27H24ClN3O3/c1-4-30(20-8-6-5-7-9-20)25(32)19-13-12-18(3)22(16-19)29-24-23(28)26(33)31(27(24)34)21-14-10-17(2)11-15-21/h5-16,29H,4H2,1-3H3. The number of hydrogen-bond acceptors (Lipinski definition) is 4. The van der Waals surface area contributed by atoms with Crippen LogP contribution in [0.15, 0.2) is 83.5 Å². The van der Waals surface area contributed by atoms with Gasteiger partial charge in [-0.1, -0.05) is 53.6 Å². The molecule has 1 heterocycles. The Morgan fingerprint density at radius 1 is 0.941 bits per heavy atom. The van der Waals surface area contributed by atoms with Crippen molar-refractivity contribution in [1.82, 2.24) is 0 Å². The van der Waals surface area contributed by atoms with Crippen LogP contribution in [0.4, 0.5) is 17.1 Å². The number of aryl methyl sites for hydroxylation is 2. The number of nitrogens with zero attached hydrogens (tertiary/aromatic N) is 2. The molecule has 7 heteroatoms. The summed E-state index contributed by atoms with van der Waals surface area (Å²) in [5.41, 5.74) is 3.99. The van der Waals surface area contributed by atoms with Crippen LogP contribution in [0.3, 0.4) is 0 Å². The number of anilines is 3. The van der Waals surface area contributed by atoms with Gasteiger partial charge < -0.3 is 10.2 Å². The Hall–Kier alpha value is -3.90. The molecule has 1 N–H and O–H groups in total. The Morgan fingerprint density at radius 3 is 2.26 bits per heavy atom. The van der Waals surface area contributed by atoms with Crippen molar-refractivity contribution in [1.29, 1.82) is 0 Å². The highest BCUT2D eigenvalue weighted by Gasteiger charge is 2.39. The summed E-state index contributed by atoms with van der Waals surface area (Å²) in [6, 6.07) is 21.7. The molecule has 0 unspecified atom stereocenters. The maximum absolute atomic E-state index is 13.3. The summed E-state index contributed by atoms with van der Waals surface area (Å²) < 4.78 is 0. The van der Waals surface area contributed by atoms with Gasteiger partial charge in [0.1, 0.15) is 10.7 Å². The molecular weight excluding hydrogens is 450 g/mol. The first-order valence-corrected chi connectivity index (χ1v) is 11.3. The van der Waals surface area contributed by atoms with Gasteiger partial charge in [0.25, 0.3) is 17.7 Å². The number of halogens is 1. The molecule has 4 rings (SSSR count). The van der Waals surface area contributed by atoms with Crippen molar-refractivity contribution in [2.75, 3.05) is 21.7 Å². The Bertz CT molecular complexity index is 1300. The van der Waals surface area contributed by atoms with Crippen molar-refractivity contribution >= 4 is 46.4 Å². The maximum atomic E-state index is 13.3. The summed E-state index contributed by atoms with van der Waals surface area (Å²) in [6.45, 7) is 6.17. The summed E-state index contributed by atoms with van der Waals surface area (Å²) in [6.07, 6.45) is 0. The van der Waals surface area contributed by atoms with Gasteiger partial charge in [0.15, 0.2) is 0 Å². The molecule has 1 aliphatic heterocycles. The highest BCUT2D eigenvalue weighted by atomic mass is 35.5. The lowest BCUT2D eigenvalue weighted by Gasteiger charge is -2.22. The number of amides is 3. The minimum absolute atomic E-state index is 0.0182. The highest BCUT2D eigenvalue weighted by molar-refractivity contribution is 6.53. The number of rotatable bonds is 6. The van der Waals surface area contributed by atoms with E-state index in [0.717, 1.165) is 21.7 Å². The van der Waals surface area contributed by atoms with E-state index < -0.39 is 11.8 Å². The van der Waals surface area contributed by atoms with Gasteiger partial charge in [-0.25, -0.2) is 4.90 Å². The number of nitrogens with one attached hydrogen (secondary N) is 1. The Kier molecular flexibility index (Phi) is 6.52. The van der Waals surface area contributed by atoms with Crippen LogP contribution in [-0.2, 0) is 9.59 Å². The zero-order valence-electron chi connectivity index (χ0n) is 19.1. The van der Waals surface area contributed by atoms with Gasteiger partial charge in [0.2, 0.25) is 0 Å². The van der Waals surface area contributed by atoms with Gasteiger partial charge in [0.05, 0.1) is 5.69 Å². The van der Waals surface area contributed by atoms with E-state index in [0.29, 0.717) is 23.5 Å². The average Bonchev–Trinajstić information content (AvgIpc) is 3.05. The minimum atomic E-state index is -0.593. The molecule has 0 aromatic heterocycles. The van der Waals surface area contributed by atoms with Gasteiger partial charge in [-0.2, -0.15) is 0 Å². The molecule has 34 heavy (non-hydrogen) atoms. The molecule has 172 valence electrons. The second-order valence-electron chi connectivity index (χ2n) is 8.01. The summed E-state index contributed by atoms with van der Waals surface area (Å²) in [7, 11) is 0. The van der Waals surface area contributed by atoms with Gasteiger partial charge in [0, 0.05) is 23.5 Å². The molecule has 0 saturated carbocycles. The SMILES string of the molecule is CCN(C(=O)c1ccc(C)c(NC2=C(Cl)C(=O)N(c3ccc(C)cc3)C2=O)c1)c1ccccc1. The van der Waals surface area contributed by atoms with Crippen LogP contribution < -0.4 is 15.1 Å². The lowest BCUT2D eigenvalue weighted by molar-refractivity contribution is -0.120. The van der Waals surface area contributed by atoms with E-state index in [1.54, 1.807) is 35.2 Å². The topological polar surface area (TPSA) is 69.7 Å². The predicted octanol–water partition coefficient (Wildman–Crippen LogP) is 5.41. The molecule has 0 radical (unpaired) electrons. The molecule has 0 bridgehead atoms. The first-order chi connectivity index (χ1) is 16.3. The van der Waals surface area contributed by atoms with Crippen molar-refractivity contribution in [3.63, 3.8) is 0 Å². The van der Waals surface area contributed by atoms with E-state index in [4.69, 9.17) is 11.6 Å². The average molecular weight is 474 g/mol. The van der Waals surface area contributed by atoms with Crippen molar-refractivity contribution in [2.24, 2.45) is 0 Å². The van der Waals surface area contributed by atoms with E-state index in [1.807, 2.05) is 63.2 Å². The van der Waals surface area contributed by atoms with Crippen LogP contribution >= 0.6 is 11.6 Å². The van der Waals surface area contributed by atoms with Gasteiger partial charge in [-0.3, -0.25) is 14.4 Å². The van der Waals surface area contributed by atoms with Crippen LogP contribution in [0.1, 0.15) is 28.4 Å². The van der Waals surface area contributed by atoms with Crippen molar-refractivity contribution in [3.05, 3.63) is 100 Å². The van der Waals surface area contributed by atoms with Gasteiger partial charge >= 0.3 is 0 Å². The molecule has 3 amide bonds. The fraction of sp³-hybridized carbons (Fsp3) is 0.148. The van der Waals surface area contributed by atoms with E-state index in [-0.39, 0.29) is 16.6 Å². The van der Waals surface area contributed by atoms with Crippen molar-refractivity contribution in [3.8, 4) is 0 Å². The molecule has 6 nitrogen and oxygen atoms in total. The number of para-hydroxylation sites is 1. The number of imide groups is 1. The minimum Gasteiger partial charge on any atom is -0.349 e.